The molecule has 15 heteroatoms. The molecular formula is C29H30N4O10S. The van der Waals surface area contributed by atoms with Crippen molar-refractivity contribution in [1.82, 2.24) is 15.0 Å². The van der Waals surface area contributed by atoms with Crippen LogP contribution in [0.4, 0.5) is 0 Å². The van der Waals surface area contributed by atoms with Crippen LogP contribution < -0.4 is 16.3 Å². The molecule has 1 saturated heterocycles. The number of carbonyl (C=O) groups excluding carboxylic acids is 4. The first-order valence-corrected chi connectivity index (χ1v) is 13.8. The molecule has 0 spiro atoms. The van der Waals surface area contributed by atoms with Gasteiger partial charge in [0.2, 0.25) is 0 Å². The zero-order valence-electron chi connectivity index (χ0n) is 24.2. The summed E-state index contributed by atoms with van der Waals surface area (Å²) in [5, 5.41) is 2.97. The fraction of sp³-hybridized carbons (Fsp3) is 0.345. The van der Waals surface area contributed by atoms with Gasteiger partial charge in [0.25, 0.3) is 5.56 Å². The van der Waals surface area contributed by atoms with E-state index in [4.69, 9.17) is 35.9 Å². The summed E-state index contributed by atoms with van der Waals surface area (Å²) in [4.78, 5) is 66.1. The predicted molar refractivity (Wildman–Crippen MR) is 158 cm³/mol. The molecule has 0 radical (unpaired) electrons. The number of benzene rings is 2. The van der Waals surface area contributed by atoms with E-state index in [1.807, 2.05) is 6.07 Å². The number of para-hydroxylation sites is 1. The molecule has 4 rings (SSSR count). The third-order valence-electron chi connectivity index (χ3n) is 6.29. The number of rotatable bonds is 8. The van der Waals surface area contributed by atoms with Crippen molar-refractivity contribution >= 4 is 52.1 Å². The maximum Gasteiger partial charge on any atom is 0.303 e. The summed E-state index contributed by atoms with van der Waals surface area (Å²) in [7, 11) is 0. The Bertz CT molecular complexity index is 1630. The molecule has 232 valence electrons. The maximum atomic E-state index is 13.6. The Morgan fingerprint density at radius 1 is 0.841 bits per heavy atom. The number of hydrogen-bond donors (Lipinski definition) is 2. The van der Waals surface area contributed by atoms with Gasteiger partial charge in [-0.1, -0.05) is 42.5 Å². The van der Waals surface area contributed by atoms with Crippen LogP contribution in [0.5, 0.6) is 0 Å². The third kappa shape index (κ3) is 7.73. The first-order chi connectivity index (χ1) is 20.9. The number of carbonyl (C=O) groups is 4. The highest BCUT2D eigenvalue weighted by Gasteiger charge is 2.52. The molecule has 2 aromatic carbocycles. The van der Waals surface area contributed by atoms with Crippen molar-refractivity contribution < 1.29 is 42.9 Å². The standard InChI is InChI=1S/C29H30N4O10S/c1-15(34)39-14-22-23(40-16(2)35)24(41-17(3)36)25(42-18(4)37)27(43-22)31-29(44)32-33-26(19-10-6-5-7-11-19)30-21-13-9-8-12-20(21)28(33)38/h5-13,22-25,27H,14H2,1-4H3,(H2,31,32,44)/t22-,23-,24-,25+,27-/m0/s1. The minimum absolute atomic E-state index is 0.178. The lowest BCUT2D eigenvalue weighted by molar-refractivity contribution is -0.254. The molecule has 1 aliphatic rings. The first-order valence-electron chi connectivity index (χ1n) is 13.4. The first kappa shape index (κ1) is 32.0. The van der Waals surface area contributed by atoms with Crippen LogP contribution in [0.3, 0.4) is 0 Å². The SMILES string of the molecule is CC(=O)OC[C@@H]1O[C@H](NC(=S)Nn2c(-c3ccccc3)nc3ccccc3c2=O)[C@H](OC(C)=O)[C@@H](OC(C)=O)[C@H]1OC(C)=O. The fourth-order valence-electron chi connectivity index (χ4n) is 4.62. The summed E-state index contributed by atoms with van der Waals surface area (Å²) in [6, 6.07) is 15.7. The van der Waals surface area contributed by atoms with Crippen molar-refractivity contribution in [1.29, 1.82) is 0 Å². The number of hydrogen-bond acceptors (Lipinski definition) is 12. The van der Waals surface area contributed by atoms with Crippen LogP contribution in [0, 0.1) is 0 Å². The van der Waals surface area contributed by atoms with Gasteiger partial charge in [-0.25, -0.2) is 4.98 Å². The van der Waals surface area contributed by atoms with Gasteiger partial charge in [0.1, 0.15) is 12.7 Å². The van der Waals surface area contributed by atoms with Gasteiger partial charge in [-0.3, -0.25) is 29.4 Å². The highest BCUT2D eigenvalue weighted by molar-refractivity contribution is 7.80. The molecule has 0 amide bonds. The van der Waals surface area contributed by atoms with Crippen LogP contribution in [-0.2, 0) is 42.9 Å². The van der Waals surface area contributed by atoms with Gasteiger partial charge >= 0.3 is 23.9 Å². The Balaban J connectivity index is 1.72. The molecule has 0 aliphatic carbocycles. The van der Waals surface area contributed by atoms with Crippen LogP contribution in [0.2, 0.25) is 0 Å². The van der Waals surface area contributed by atoms with E-state index in [2.05, 4.69) is 15.7 Å². The third-order valence-corrected chi connectivity index (χ3v) is 6.49. The average Bonchev–Trinajstić information content (AvgIpc) is 2.96. The van der Waals surface area contributed by atoms with Gasteiger partial charge in [-0.05, 0) is 24.4 Å². The Labute approximate surface area is 256 Å². The molecule has 0 saturated carbocycles. The Kier molecular flexibility index (Phi) is 10.2. The second-order valence-corrected chi connectivity index (χ2v) is 10.1. The average molecular weight is 627 g/mol. The summed E-state index contributed by atoms with van der Waals surface area (Å²) < 4.78 is 28.6. The van der Waals surface area contributed by atoms with Gasteiger partial charge in [0.15, 0.2) is 35.5 Å². The second-order valence-electron chi connectivity index (χ2n) is 9.66. The minimum atomic E-state index is -1.41. The molecular weight excluding hydrogens is 596 g/mol. The fourth-order valence-corrected chi connectivity index (χ4v) is 4.83. The van der Waals surface area contributed by atoms with E-state index < -0.39 is 66.7 Å². The van der Waals surface area contributed by atoms with Crippen molar-refractivity contribution in [3.8, 4) is 11.4 Å². The Morgan fingerprint density at radius 3 is 2.07 bits per heavy atom. The monoisotopic (exact) mass is 626 g/mol. The molecule has 2 heterocycles. The lowest BCUT2D eigenvalue weighted by atomic mass is 9.97. The summed E-state index contributed by atoms with van der Waals surface area (Å²) in [6.07, 6.45) is -6.69. The zero-order chi connectivity index (χ0) is 32.0. The number of nitrogens with one attached hydrogen (secondary N) is 2. The molecule has 44 heavy (non-hydrogen) atoms. The normalized spacial score (nSPS) is 21.0. The van der Waals surface area contributed by atoms with Crippen molar-refractivity contribution in [2.45, 2.75) is 58.3 Å². The van der Waals surface area contributed by atoms with E-state index in [-0.39, 0.29) is 10.9 Å². The molecule has 1 aromatic heterocycles. The summed E-state index contributed by atoms with van der Waals surface area (Å²) in [5.41, 5.74) is 3.43. The van der Waals surface area contributed by atoms with Gasteiger partial charge in [0, 0.05) is 33.3 Å². The van der Waals surface area contributed by atoms with E-state index in [1.54, 1.807) is 48.5 Å². The van der Waals surface area contributed by atoms with Crippen LogP contribution in [0.15, 0.2) is 59.4 Å². The van der Waals surface area contributed by atoms with Crippen LogP contribution in [0.25, 0.3) is 22.3 Å². The predicted octanol–water partition coefficient (Wildman–Crippen LogP) is 1.56. The number of esters is 4. The molecule has 5 atom stereocenters. The van der Waals surface area contributed by atoms with Gasteiger partial charge < -0.3 is 29.0 Å². The van der Waals surface area contributed by atoms with Crippen LogP contribution in [-0.4, -0.2) is 75.9 Å². The molecule has 1 aliphatic heterocycles. The molecule has 3 aromatic rings. The smallest absolute Gasteiger partial charge is 0.303 e. The largest absolute Gasteiger partial charge is 0.463 e. The quantitative estimate of drug-likeness (QED) is 0.209. The highest BCUT2D eigenvalue weighted by atomic mass is 32.1. The number of fused-ring (bicyclic) bond motifs is 1. The van der Waals surface area contributed by atoms with Crippen molar-refractivity contribution in [2.24, 2.45) is 0 Å². The lowest BCUT2D eigenvalue weighted by Crippen LogP contribution is -2.66. The van der Waals surface area contributed by atoms with Crippen molar-refractivity contribution in [3.05, 3.63) is 65.0 Å². The maximum absolute atomic E-state index is 13.6. The highest BCUT2D eigenvalue weighted by Crippen LogP contribution is 2.28. The van der Waals surface area contributed by atoms with Crippen molar-refractivity contribution in [2.75, 3.05) is 12.0 Å². The Morgan fingerprint density at radius 2 is 1.43 bits per heavy atom. The number of nitrogens with zero attached hydrogens (tertiary/aromatic N) is 2. The minimum Gasteiger partial charge on any atom is -0.463 e. The number of thiocarbonyl (C=S) groups is 1. The second kappa shape index (κ2) is 14.1. The van der Waals surface area contributed by atoms with E-state index in [0.717, 1.165) is 25.4 Å². The topological polar surface area (TPSA) is 173 Å². The number of ether oxygens (including phenoxy) is 5. The van der Waals surface area contributed by atoms with Gasteiger partial charge in [-0.2, -0.15) is 4.68 Å². The van der Waals surface area contributed by atoms with Crippen LogP contribution in [0.1, 0.15) is 27.7 Å². The molecule has 0 unspecified atom stereocenters. The van der Waals surface area contributed by atoms with E-state index in [9.17, 15) is 24.0 Å². The zero-order valence-corrected chi connectivity index (χ0v) is 25.0. The van der Waals surface area contributed by atoms with Crippen molar-refractivity contribution in [3.63, 3.8) is 0 Å². The summed E-state index contributed by atoms with van der Waals surface area (Å²) >= 11 is 5.54. The van der Waals surface area contributed by atoms with E-state index >= 15 is 0 Å². The Hall–Kier alpha value is -4.89. The summed E-state index contributed by atoms with van der Waals surface area (Å²) in [5.74, 6) is -2.72. The molecule has 0 bridgehead atoms. The van der Waals surface area contributed by atoms with E-state index in [1.165, 1.54) is 6.92 Å². The summed E-state index contributed by atoms with van der Waals surface area (Å²) in [6.45, 7) is 4.12. The van der Waals surface area contributed by atoms with Crippen LogP contribution >= 0.6 is 12.2 Å². The van der Waals surface area contributed by atoms with Gasteiger partial charge in [-0.15, -0.1) is 0 Å². The lowest BCUT2D eigenvalue weighted by Gasteiger charge is -2.44. The molecule has 14 nitrogen and oxygen atoms in total. The van der Waals surface area contributed by atoms with Gasteiger partial charge in [0.05, 0.1) is 10.9 Å². The molecule has 2 N–H and O–H groups in total. The molecule has 1 fully saturated rings. The van der Waals surface area contributed by atoms with E-state index in [0.29, 0.717) is 16.5 Å². The number of aromatic nitrogens is 2.